The number of nitrogens with two attached hydrogens (primary N) is 1. The molecule has 5 rings (SSSR count). The van der Waals surface area contributed by atoms with Gasteiger partial charge in [0.25, 0.3) is 0 Å². The Kier molecular flexibility index (Phi) is 6.58. The normalized spacial score (nSPS) is 26.2. The molecule has 6 N–H and O–H groups in total. The van der Waals surface area contributed by atoms with Gasteiger partial charge in [-0.25, -0.2) is 0 Å². The number of rotatable bonds is 5. The average molecular weight is 526 g/mol. The molecule has 2 aromatic rings. The van der Waals surface area contributed by atoms with Gasteiger partial charge in [-0.15, -0.1) is 0 Å². The van der Waals surface area contributed by atoms with Crippen molar-refractivity contribution in [2.45, 2.75) is 50.4 Å². The van der Waals surface area contributed by atoms with Crippen LogP contribution in [0.2, 0.25) is 0 Å². The van der Waals surface area contributed by atoms with E-state index in [4.69, 9.17) is 19.9 Å². The molecule has 1 aliphatic heterocycles. The maximum absolute atomic E-state index is 13.6. The molecule has 1 saturated heterocycles. The van der Waals surface area contributed by atoms with Crippen LogP contribution in [-0.4, -0.2) is 76.0 Å². The van der Waals surface area contributed by atoms with E-state index in [0.717, 1.165) is 0 Å². The molecular formula is C27H27NO10. The molecule has 11 heteroatoms. The standard InChI is InChI=1S/C27H27NO10/c1-10-23(31)14(28)8-18(37-10)38-17-7-11(15(30)9-29)6-13-20(17)27(35)22-21(25(13)33)24(32)12-4-3-5-16(36-2)19(12)26(22)34/h3-6,10,14,17-18,23,29,31,33,35H,7-9,28H2,1-2H3/t10-,14-,17-,18+,23+/m0/s1. The van der Waals surface area contributed by atoms with Gasteiger partial charge >= 0.3 is 0 Å². The zero-order chi connectivity index (χ0) is 27.5. The molecule has 0 aromatic heterocycles. The maximum Gasteiger partial charge on any atom is 0.202 e. The van der Waals surface area contributed by atoms with Crippen LogP contribution in [0.3, 0.4) is 0 Å². The summed E-state index contributed by atoms with van der Waals surface area (Å²) in [6.07, 6.45) is -2.46. The average Bonchev–Trinajstić information content (AvgIpc) is 2.90. The quantitative estimate of drug-likeness (QED) is 0.300. The lowest BCUT2D eigenvalue weighted by Crippen LogP contribution is -2.51. The van der Waals surface area contributed by atoms with Crippen LogP contribution in [0, 0.1) is 0 Å². The number of benzene rings is 2. The lowest BCUT2D eigenvalue weighted by atomic mass is 9.77. The van der Waals surface area contributed by atoms with Crippen molar-refractivity contribution in [1.29, 1.82) is 0 Å². The van der Waals surface area contributed by atoms with Crippen molar-refractivity contribution >= 4 is 23.4 Å². The number of hydrogen-bond donors (Lipinski definition) is 5. The van der Waals surface area contributed by atoms with Crippen molar-refractivity contribution in [2.24, 2.45) is 5.73 Å². The van der Waals surface area contributed by atoms with E-state index >= 15 is 0 Å². The van der Waals surface area contributed by atoms with Crippen LogP contribution in [0.5, 0.6) is 17.2 Å². The topological polar surface area (TPSA) is 186 Å². The van der Waals surface area contributed by atoms with Gasteiger partial charge in [0.1, 0.15) is 23.9 Å². The summed E-state index contributed by atoms with van der Waals surface area (Å²) in [7, 11) is 1.34. The van der Waals surface area contributed by atoms with Crippen LogP contribution in [0.15, 0.2) is 23.8 Å². The van der Waals surface area contributed by atoms with Gasteiger partial charge in [0.2, 0.25) is 5.78 Å². The molecule has 0 saturated carbocycles. The number of fused-ring (bicyclic) bond motifs is 3. The van der Waals surface area contributed by atoms with E-state index in [-0.39, 0.29) is 46.4 Å². The zero-order valence-corrected chi connectivity index (χ0v) is 20.6. The summed E-state index contributed by atoms with van der Waals surface area (Å²) in [6, 6.07) is 3.77. The zero-order valence-electron chi connectivity index (χ0n) is 20.6. The van der Waals surface area contributed by atoms with E-state index < -0.39 is 77.2 Å². The van der Waals surface area contributed by atoms with Gasteiger partial charge in [-0.3, -0.25) is 14.4 Å². The van der Waals surface area contributed by atoms with Crippen LogP contribution >= 0.6 is 0 Å². The first-order chi connectivity index (χ1) is 18.1. The summed E-state index contributed by atoms with van der Waals surface area (Å²) >= 11 is 0. The number of ether oxygens (including phenoxy) is 3. The van der Waals surface area contributed by atoms with Crippen molar-refractivity contribution in [2.75, 3.05) is 13.7 Å². The highest BCUT2D eigenvalue weighted by Crippen LogP contribution is 2.51. The van der Waals surface area contributed by atoms with Crippen LogP contribution in [0.4, 0.5) is 0 Å². The summed E-state index contributed by atoms with van der Waals surface area (Å²) in [5.74, 6) is -3.16. The smallest absolute Gasteiger partial charge is 0.202 e. The first kappa shape index (κ1) is 26.0. The van der Waals surface area contributed by atoms with Gasteiger partial charge in [-0.05, 0) is 19.1 Å². The Morgan fingerprint density at radius 2 is 1.84 bits per heavy atom. The Bertz CT molecular complexity index is 1380. The number of aliphatic hydroxyl groups excluding tert-OH is 2. The molecule has 0 radical (unpaired) electrons. The molecule has 1 heterocycles. The maximum atomic E-state index is 13.6. The summed E-state index contributed by atoms with van der Waals surface area (Å²) in [4.78, 5) is 39.5. The molecule has 1 fully saturated rings. The number of aromatic hydroxyl groups is 2. The molecule has 0 spiro atoms. The molecule has 2 aliphatic carbocycles. The van der Waals surface area contributed by atoms with Crippen molar-refractivity contribution in [1.82, 2.24) is 0 Å². The minimum atomic E-state index is -1.13. The number of methoxy groups -OCH3 is 1. The predicted octanol–water partition coefficient (Wildman–Crippen LogP) is 1.11. The highest BCUT2D eigenvalue weighted by atomic mass is 16.7. The highest BCUT2D eigenvalue weighted by molar-refractivity contribution is 6.31. The van der Waals surface area contributed by atoms with Gasteiger partial charge in [-0.2, -0.15) is 0 Å². The summed E-state index contributed by atoms with van der Waals surface area (Å²) in [5.41, 5.74) is 5.10. The van der Waals surface area contributed by atoms with E-state index in [1.165, 1.54) is 31.4 Å². The summed E-state index contributed by atoms with van der Waals surface area (Å²) in [6.45, 7) is 0.800. The van der Waals surface area contributed by atoms with E-state index in [0.29, 0.717) is 0 Å². The number of phenolic OH excluding ortho intramolecular Hbond substituents is 2. The van der Waals surface area contributed by atoms with Crippen molar-refractivity contribution in [3.8, 4) is 17.2 Å². The van der Waals surface area contributed by atoms with E-state index in [1.54, 1.807) is 6.92 Å². The number of carbonyl (C=O) groups is 3. The SMILES string of the molecule is COc1cccc2c1C(=O)c1c(O)c3c(c(O)c1C2=O)C=C(C(=O)CO)C[C@@H]3O[C@@H]1C[C@H](N)[C@H](O)[C@H](C)O1. The van der Waals surface area contributed by atoms with Crippen molar-refractivity contribution in [3.05, 3.63) is 57.2 Å². The number of ketones is 3. The minimum absolute atomic E-state index is 0.00659. The van der Waals surface area contributed by atoms with Crippen molar-refractivity contribution < 1.29 is 49.0 Å². The first-order valence-corrected chi connectivity index (χ1v) is 12.1. The Morgan fingerprint density at radius 1 is 1.13 bits per heavy atom. The second-order valence-electron chi connectivity index (χ2n) is 9.56. The Morgan fingerprint density at radius 3 is 2.50 bits per heavy atom. The number of carbonyl (C=O) groups excluding carboxylic acids is 3. The highest BCUT2D eigenvalue weighted by Gasteiger charge is 2.43. The lowest BCUT2D eigenvalue weighted by molar-refractivity contribution is -0.240. The number of hydrogen-bond acceptors (Lipinski definition) is 11. The molecule has 0 amide bonds. The fourth-order valence-electron chi connectivity index (χ4n) is 5.36. The minimum Gasteiger partial charge on any atom is -0.507 e. The summed E-state index contributed by atoms with van der Waals surface area (Å²) in [5, 5.41) is 42.3. The molecule has 11 nitrogen and oxygen atoms in total. The molecule has 200 valence electrons. The van der Waals surface area contributed by atoms with Gasteiger partial charge in [0, 0.05) is 41.1 Å². The van der Waals surface area contributed by atoms with Crippen LogP contribution in [-0.2, 0) is 14.3 Å². The fraction of sp³-hybridized carbons (Fsp3) is 0.370. The van der Waals surface area contributed by atoms with Gasteiger partial charge in [-0.1, -0.05) is 12.1 Å². The number of Topliss-reactive ketones (excluding diaryl/α,β-unsaturated/α-hetero) is 1. The largest absolute Gasteiger partial charge is 0.507 e. The van der Waals surface area contributed by atoms with Crippen LogP contribution in [0.1, 0.15) is 68.8 Å². The second-order valence-corrected chi connectivity index (χ2v) is 9.56. The Labute approximate surface area is 217 Å². The molecule has 5 atom stereocenters. The number of phenols is 2. The van der Waals surface area contributed by atoms with Gasteiger partial charge < -0.3 is 40.4 Å². The summed E-state index contributed by atoms with van der Waals surface area (Å²) < 4.78 is 17.1. The van der Waals surface area contributed by atoms with Gasteiger partial charge in [0.05, 0.1) is 42.1 Å². The lowest BCUT2D eigenvalue weighted by Gasteiger charge is -2.38. The molecule has 38 heavy (non-hydrogen) atoms. The third-order valence-electron chi connectivity index (χ3n) is 7.31. The third-order valence-corrected chi connectivity index (χ3v) is 7.31. The monoisotopic (exact) mass is 525 g/mol. The van der Waals surface area contributed by atoms with Crippen LogP contribution < -0.4 is 10.5 Å². The molecule has 0 bridgehead atoms. The first-order valence-electron chi connectivity index (χ1n) is 12.1. The molecular weight excluding hydrogens is 498 g/mol. The van der Waals surface area contributed by atoms with E-state index in [9.17, 15) is 34.8 Å². The Hall–Kier alpha value is -3.61. The predicted molar refractivity (Wildman–Crippen MR) is 131 cm³/mol. The second kappa shape index (κ2) is 9.61. The number of aliphatic hydroxyl groups is 2. The van der Waals surface area contributed by atoms with Crippen LogP contribution in [0.25, 0.3) is 6.08 Å². The van der Waals surface area contributed by atoms with Crippen molar-refractivity contribution in [3.63, 3.8) is 0 Å². The fourth-order valence-corrected chi connectivity index (χ4v) is 5.36. The third kappa shape index (κ3) is 3.91. The Balaban J connectivity index is 1.68. The molecule has 0 unspecified atom stereocenters. The van der Waals surface area contributed by atoms with Gasteiger partial charge in [0.15, 0.2) is 17.9 Å². The van der Waals surface area contributed by atoms with E-state index in [2.05, 4.69) is 0 Å². The molecule has 2 aromatic carbocycles. The molecule has 3 aliphatic rings. The van der Waals surface area contributed by atoms with E-state index in [1.807, 2.05) is 0 Å².